The van der Waals surface area contributed by atoms with Crippen LogP contribution in [0, 0.1) is 0 Å². The predicted octanol–water partition coefficient (Wildman–Crippen LogP) is 2.09. The molecular weight excluding hydrogens is 268 g/mol. The van der Waals surface area contributed by atoms with Crippen molar-refractivity contribution in [1.29, 1.82) is 0 Å². The van der Waals surface area contributed by atoms with Crippen LogP contribution >= 0.6 is 0 Å². The lowest BCUT2D eigenvalue weighted by Crippen LogP contribution is -2.29. The molecule has 21 heavy (non-hydrogen) atoms. The smallest absolute Gasteiger partial charge is 0.327 e. The Hall–Kier alpha value is -2.40. The van der Waals surface area contributed by atoms with Gasteiger partial charge in [-0.3, -0.25) is 5.32 Å². The minimum atomic E-state index is -0.561. The van der Waals surface area contributed by atoms with Gasteiger partial charge in [0.05, 0.1) is 14.2 Å². The van der Waals surface area contributed by atoms with Crippen LogP contribution in [0.15, 0.2) is 48.7 Å². The first-order chi connectivity index (χ1) is 10.2. The molecule has 5 nitrogen and oxygen atoms in total. The zero-order chi connectivity index (χ0) is 15.1. The Morgan fingerprint density at radius 3 is 2.52 bits per heavy atom. The van der Waals surface area contributed by atoms with Crippen LogP contribution in [0.4, 0.5) is 0 Å². The molecule has 1 aromatic carbocycles. The Labute approximate surface area is 123 Å². The van der Waals surface area contributed by atoms with Crippen molar-refractivity contribution in [1.82, 2.24) is 10.3 Å². The molecule has 0 aliphatic heterocycles. The SMILES string of the molecule is COC(=O)C(NCc1ccccc1)c1ccc(OC)nc1. The minimum absolute atomic E-state index is 0.349. The summed E-state index contributed by atoms with van der Waals surface area (Å²) in [5, 5.41) is 3.19. The van der Waals surface area contributed by atoms with Crippen molar-refractivity contribution in [2.24, 2.45) is 0 Å². The molecule has 0 spiro atoms. The van der Waals surface area contributed by atoms with E-state index >= 15 is 0 Å². The quantitative estimate of drug-likeness (QED) is 0.824. The second-order valence-corrected chi connectivity index (χ2v) is 4.46. The number of carbonyl (C=O) groups excluding carboxylic acids is 1. The number of benzene rings is 1. The number of hydrogen-bond donors (Lipinski definition) is 1. The zero-order valence-electron chi connectivity index (χ0n) is 12.1. The second kappa shape index (κ2) is 7.40. The maximum absolute atomic E-state index is 11.9. The zero-order valence-corrected chi connectivity index (χ0v) is 12.1. The highest BCUT2D eigenvalue weighted by Crippen LogP contribution is 2.17. The molecule has 0 amide bonds. The summed E-state index contributed by atoms with van der Waals surface area (Å²) in [7, 11) is 2.92. The minimum Gasteiger partial charge on any atom is -0.481 e. The first-order valence-corrected chi connectivity index (χ1v) is 6.59. The van der Waals surface area contributed by atoms with Gasteiger partial charge in [0.25, 0.3) is 0 Å². The van der Waals surface area contributed by atoms with Crippen molar-refractivity contribution < 1.29 is 14.3 Å². The topological polar surface area (TPSA) is 60.5 Å². The third kappa shape index (κ3) is 4.03. The average molecular weight is 286 g/mol. The van der Waals surface area contributed by atoms with Gasteiger partial charge < -0.3 is 9.47 Å². The molecule has 1 aromatic heterocycles. The molecule has 0 aliphatic carbocycles. The van der Waals surface area contributed by atoms with Crippen LogP contribution in [0.5, 0.6) is 5.88 Å². The fourth-order valence-corrected chi connectivity index (χ4v) is 1.95. The highest BCUT2D eigenvalue weighted by atomic mass is 16.5. The summed E-state index contributed by atoms with van der Waals surface area (Å²) in [5.74, 6) is 0.156. The van der Waals surface area contributed by atoms with Crippen LogP contribution in [0.1, 0.15) is 17.2 Å². The van der Waals surface area contributed by atoms with Gasteiger partial charge in [-0.25, -0.2) is 9.78 Å². The van der Waals surface area contributed by atoms with E-state index < -0.39 is 6.04 Å². The van der Waals surface area contributed by atoms with Crippen molar-refractivity contribution in [3.05, 3.63) is 59.8 Å². The van der Waals surface area contributed by atoms with E-state index in [9.17, 15) is 4.79 Å². The van der Waals surface area contributed by atoms with E-state index in [2.05, 4.69) is 10.3 Å². The van der Waals surface area contributed by atoms with Gasteiger partial charge in [0.15, 0.2) is 0 Å². The number of ether oxygens (including phenoxy) is 2. The monoisotopic (exact) mass is 286 g/mol. The molecule has 1 atom stereocenters. The summed E-state index contributed by atoms with van der Waals surface area (Å²) in [5.41, 5.74) is 1.83. The molecule has 2 aromatic rings. The molecule has 110 valence electrons. The van der Waals surface area contributed by atoms with Crippen LogP contribution in [0.2, 0.25) is 0 Å². The Balaban J connectivity index is 2.12. The standard InChI is InChI=1S/C16H18N2O3/c1-20-14-9-8-13(11-17-14)15(16(19)21-2)18-10-12-6-4-3-5-7-12/h3-9,11,15,18H,10H2,1-2H3. The second-order valence-electron chi connectivity index (χ2n) is 4.46. The molecule has 1 heterocycles. The van der Waals surface area contributed by atoms with Gasteiger partial charge in [0.1, 0.15) is 6.04 Å². The lowest BCUT2D eigenvalue weighted by Gasteiger charge is -2.17. The number of aromatic nitrogens is 1. The van der Waals surface area contributed by atoms with Crippen molar-refractivity contribution in [2.45, 2.75) is 12.6 Å². The maximum Gasteiger partial charge on any atom is 0.327 e. The number of carbonyl (C=O) groups is 1. The molecule has 5 heteroatoms. The third-order valence-electron chi connectivity index (χ3n) is 3.09. The van der Waals surface area contributed by atoms with E-state index in [0.717, 1.165) is 11.1 Å². The molecule has 2 rings (SSSR count). The Kier molecular flexibility index (Phi) is 5.29. The van der Waals surface area contributed by atoms with E-state index in [0.29, 0.717) is 12.4 Å². The molecule has 0 bridgehead atoms. The van der Waals surface area contributed by atoms with Crippen LogP contribution in [0.3, 0.4) is 0 Å². The lowest BCUT2D eigenvalue weighted by atomic mass is 10.1. The summed E-state index contributed by atoms with van der Waals surface area (Å²) in [6.45, 7) is 0.562. The van der Waals surface area contributed by atoms with Gasteiger partial charge in [-0.2, -0.15) is 0 Å². The molecular formula is C16H18N2O3. The lowest BCUT2D eigenvalue weighted by molar-refractivity contribution is -0.143. The number of hydrogen-bond acceptors (Lipinski definition) is 5. The Morgan fingerprint density at radius 1 is 1.19 bits per heavy atom. The first-order valence-electron chi connectivity index (χ1n) is 6.59. The van der Waals surface area contributed by atoms with Crippen molar-refractivity contribution >= 4 is 5.97 Å². The van der Waals surface area contributed by atoms with E-state index in [1.54, 1.807) is 25.4 Å². The summed E-state index contributed by atoms with van der Waals surface area (Å²) in [4.78, 5) is 16.1. The largest absolute Gasteiger partial charge is 0.481 e. The van der Waals surface area contributed by atoms with Crippen LogP contribution in [0.25, 0.3) is 0 Å². The van der Waals surface area contributed by atoms with E-state index in [1.165, 1.54) is 7.11 Å². The third-order valence-corrected chi connectivity index (χ3v) is 3.09. The van der Waals surface area contributed by atoms with Crippen molar-refractivity contribution in [2.75, 3.05) is 14.2 Å². The van der Waals surface area contributed by atoms with Crippen molar-refractivity contribution in [3.63, 3.8) is 0 Å². The highest BCUT2D eigenvalue weighted by molar-refractivity contribution is 5.77. The normalized spacial score (nSPS) is 11.7. The highest BCUT2D eigenvalue weighted by Gasteiger charge is 2.21. The number of nitrogens with zero attached hydrogens (tertiary/aromatic N) is 1. The van der Waals surface area contributed by atoms with Gasteiger partial charge in [-0.1, -0.05) is 30.3 Å². The van der Waals surface area contributed by atoms with E-state index in [1.807, 2.05) is 30.3 Å². The molecule has 1 N–H and O–H groups in total. The van der Waals surface area contributed by atoms with Gasteiger partial charge in [-0.05, 0) is 17.2 Å². The molecule has 0 radical (unpaired) electrons. The predicted molar refractivity (Wildman–Crippen MR) is 78.8 cm³/mol. The van der Waals surface area contributed by atoms with Gasteiger partial charge in [0, 0.05) is 18.8 Å². The van der Waals surface area contributed by atoms with Gasteiger partial charge >= 0.3 is 5.97 Å². The summed E-state index contributed by atoms with van der Waals surface area (Å²) in [6, 6.07) is 12.8. The average Bonchev–Trinajstić information content (AvgIpc) is 2.56. The van der Waals surface area contributed by atoms with Gasteiger partial charge in [0.2, 0.25) is 5.88 Å². The number of rotatable bonds is 6. The number of nitrogens with one attached hydrogen (secondary N) is 1. The molecule has 0 fully saturated rings. The maximum atomic E-state index is 11.9. The molecule has 0 aliphatic rings. The van der Waals surface area contributed by atoms with Gasteiger partial charge in [-0.15, -0.1) is 0 Å². The number of esters is 1. The fraction of sp³-hybridized carbons (Fsp3) is 0.250. The molecule has 0 saturated heterocycles. The van der Waals surface area contributed by atoms with Crippen LogP contribution in [-0.4, -0.2) is 25.2 Å². The Morgan fingerprint density at radius 2 is 1.95 bits per heavy atom. The molecule has 1 unspecified atom stereocenters. The van der Waals surface area contributed by atoms with E-state index in [-0.39, 0.29) is 5.97 Å². The Bertz CT molecular complexity index is 570. The van der Waals surface area contributed by atoms with Crippen LogP contribution < -0.4 is 10.1 Å². The van der Waals surface area contributed by atoms with Crippen LogP contribution in [-0.2, 0) is 16.1 Å². The summed E-state index contributed by atoms with van der Waals surface area (Å²) < 4.78 is 9.87. The summed E-state index contributed by atoms with van der Waals surface area (Å²) in [6.07, 6.45) is 1.61. The van der Waals surface area contributed by atoms with E-state index in [4.69, 9.17) is 9.47 Å². The fourth-order valence-electron chi connectivity index (χ4n) is 1.95. The first kappa shape index (κ1) is 15.0. The summed E-state index contributed by atoms with van der Waals surface area (Å²) >= 11 is 0. The number of pyridine rings is 1. The van der Waals surface area contributed by atoms with Crippen molar-refractivity contribution in [3.8, 4) is 5.88 Å². The number of methoxy groups -OCH3 is 2. The molecule has 0 saturated carbocycles.